The molecular formula is C14H20ClN3O3. The van der Waals surface area contributed by atoms with Crippen LogP contribution in [0, 0.1) is 0 Å². The van der Waals surface area contributed by atoms with Crippen LogP contribution in [-0.4, -0.2) is 45.8 Å². The molecule has 0 unspecified atom stereocenters. The molecule has 0 saturated carbocycles. The fraction of sp³-hybridized carbons (Fsp3) is 0.643. The molecule has 21 heavy (non-hydrogen) atoms. The molecule has 2 heterocycles. The smallest absolute Gasteiger partial charge is 0.410 e. The molecule has 1 aliphatic rings. The van der Waals surface area contributed by atoms with Gasteiger partial charge in [-0.3, -0.25) is 0 Å². The number of amides is 1. The van der Waals surface area contributed by atoms with Gasteiger partial charge in [0.1, 0.15) is 11.7 Å². The van der Waals surface area contributed by atoms with E-state index < -0.39 is 5.60 Å². The number of hydrogen-bond donors (Lipinski definition) is 0. The van der Waals surface area contributed by atoms with Gasteiger partial charge < -0.3 is 14.4 Å². The van der Waals surface area contributed by atoms with Gasteiger partial charge >= 0.3 is 6.09 Å². The van der Waals surface area contributed by atoms with Crippen molar-refractivity contribution in [3.8, 4) is 5.75 Å². The lowest BCUT2D eigenvalue weighted by Crippen LogP contribution is -2.44. The molecular weight excluding hydrogens is 294 g/mol. The first-order chi connectivity index (χ1) is 9.83. The summed E-state index contributed by atoms with van der Waals surface area (Å²) < 4.78 is 11.1. The first-order valence-corrected chi connectivity index (χ1v) is 7.33. The van der Waals surface area contributed by atoms with Gasteiger partial charge in [-0.25, -0.2) is 14.8 Å². The van der Waals surface area contributed by atoms with Crippen molar-refractivity contribution in [2.75, 3.05) is 13.1 Å². The van der Waals surface area contributed by atoms with Crippen molar-refractivity contribution in [1.29, 1.82) is 0 Å². The Kier molecular flexibility index (Phi) is 4.88. The number of rotatable bonds is 2. The zero-order valence-electron chi connectivity index (χ0n) is 12.5. The molecule has 1 amide bonds. The van der Waals surface area contributed by atoms with Gasteiger partial charge in [-0.15, -0.1) is 0 Å². The molecule has 0 aromatic carbocycles. The van der Waals surface area contributed by atoms with Crippen LogP contribution in [-0.2, 0) is 4.74 Å². The van der Waals surface area contributed by atoms with E-state index >= 15 is 0 Å². The Hall–Kier alpha value is -1.56. The molecule has 0 bridgehead atoms. The third kappa shape index (κ3) is 5.04. The van der Waals surface area contributed by atoms with Crippen LogP contribution in [0.5, 0.6) is 5.75 Å². The monoisotopic (exact) mass is 313 g/mol. The number of ether oxygens (including phenoxy) is 2. The van der Waals surface area contributed by atoms with E-state index in [0.29, 0.717) is 18.8 Å². The van der Waals surface area contributed by atoms with Crippen LogP contribution >= 0.6 is 11.6 Å². The summed E-state index contributed by atoms with van der Waals surface area (Å²) in [4.78, 5) is 21.4. The molecule has 0 aliphatic carbocycles. The van der Waals surface area contributed by atoms with Crippen LogP contribution in [0.4, 0.5) is 4.79 Å². The quantitative estimate of drug-likeness (QED) is 0.785. The Balaban J connectivity index is 1.80. The largest absolute Gasteiger partial charge is 0.487 e. The summed E-state index contributed by atoms with van der Waals surface area (Å²) >= 11 is 5.63. The lowest BCUT2D eigenvalue weighted by atomic mass is 10.1. The van der Waals surface area contributed by atoms with Gasteiger partial charge in [0, 0.05) is 25.9 Å². The van der Waals surface area contributed by atoms with E-state index in [2.05, 4.69) is 9.97 Å². The van der Waals surface area contributed by atoms with Crippen molar-refractivity contribution in [3.05, 3.63) is 17.7 Å². The highest BCUT2D eigenvalue weighted by molar-refractivity contribution is 6.28. The Morgan fingerprint density at radius 1 is 1.29 bits per heavy atom. The lowest BCUT2D eigenvalue weighted by molar-refractivity contribution is 0.0126. The molecule has 2 rings (SSSR count). The second-order valence-corrected chi connectivity index (χ2v) is 6.31. The first kappa shape index (κ1) is 15.8. The Morgan fingerprint density at radius 2 is 1.86 bits per heavy atom. The minimum atomic E-state index is -0.467. The molecule has 1 aromatic rings. The number of carbonyl (C=O) groups is 1. The van der Waals surface area contributed by atoms with Gasteiger partial charge in [0.15, 0.2) is 5.75 Å². The zero-order valence-corrected chi connectivity index (χ0v) is 13.3. The van der Waals surface area contributed by atoms with Crippen LogP contribution in [0.15, 0.2) is 12.4 Å². The summed E-state index contributed by atoms with van der Waals surface area (Å²) in [5.41, 5.74) is -0.467. The second kappa shape index (κ2) is 6.47. The molecule has 0 radical (unpaired) electrons. The predicted octanol–water partition coefficient (Wildman–Crippen LogP) is 2.91. The van der Waals surface area contributed by atoms with Gasteiger partial charge in [-0.2, -0.15) is 0 Å². The SMILES string of the molecule is CC(C)(C)OC(=O)N1CCC(Oc2cnc(Cl)nc2)CC1. The summed E-state index contributed by atoms with van der Waals surface area (Å²) in [5, 5.41) is 0.196. The Bertz CT molecular complexity index is 479. The summed E-state index contributed by atoms with van der Waals surface area (Å²) in [5.74, 6) is 0.593. The number of halogens is 1. The first-order valence-electron chi connectivity index (χ1n) is 6.95. The molecule has 1 fully saturated rings. The van der Waals surface area contributed by atoms with Gasteiger partial charge in [-0.1, -0.05) is 0 Å². The molecule has 7 heteroatoms. The van der Waals surface area contributed by atoms with Gasteiger partial charge in [-0.05, 0) is 32.4 Å². The average molecular weight is 314 g/mol. The van der Waals surface area contributed by atoms with Crippen LogP contribution < -0.4 is 4.74 Å². The van der Waals surface area contributed by atoms with E-state index in [0.717, 1.165) is 12.8 Å². The van der Waals surface area contributed by atoms with Gasteiger partial charge in [0.25, 0.3) is 0 Å². The molecule has 1 saturated heterocycles. The third-order valence-electron chi connectivity index (χ3n) is 2.99. The minimum absolute atomic E-state index is 0.0495. The maximum atomic E-state index is 11.9. The molecule has 1 aliphatic heterocycles. The number of hydrogen-bond acceptors (Lipinski definition) is 5. The summed E-state index contributed by atoms with van der Waals surface area (Å²) in [6, 6.07) is 0. The average Bonchev–Trinajstić information content (AvgIpc) is 2.40. The van der Waals surface area contributed by atoms with E-state index in [4.69, 9.17) is 21.1 Å². The molecule has 0 atom stereocenters. The normalized spacial score (nSPS) is 16.7. The highest BCUT2D eigenvalue weighted by atomic mass is 35.5. The fourth-order valence-corrected chi connectivity index (χ4v) is 2.13. The maximum Gasteiger partial charge on any atom is 0.410 e. The van der Waals surface area contributed by atoms with Crippen molar-refractivity contribution in [2.45, 2.75) is 45.3 Å². The number of aromatic nitrogens is 2. The van der Waals surface area contributed by atoms with Crippen molar-refractivity contribution in [3.63, 3.8) is 0 Å². The Labute approximate surface area is 129 Å². The predicted molar refractivity (Wildman–Crippen MR) is 78.5 cm³/mol. The van der Waals surface area contributed by atoms with Crippen molar-refractivity contribution < 1.29 is 14.3 Å². The van der Waals surface area contributed by atoms with Crippen molar-refractivity contribution >= 4 is 17.7 Å². The van der Waals surface area contributed by atoms with Gasteiger partial charge in [0.2, 0.25) is 5.28 Å². The van der Waals surface area contributed by atoms with Crippen molar-refractivity contribution in [2.24, 2.45) is 0 Å². The van der Waals surface area contributed by atoms with E-state index in [9.17, 15) is 4.79 Å². The third-order valence-corrected chi connectivity index (χ3v) is 3.19. The summed E-state index contributed by atoms with van der Waals surface area (Å²) in [7, 11) is 0. The molecule has 6 nitrogen and oxygen atoms in total. The van der Waals surface area contributed by atoms with E-state index in [1.165, 1.54) is 0 Å². The van der Waals surface area contributed by atoms with Crippen LogP contribution in [0.3, 0.4) is 0 Å². The van der Waals surface area contributed by atoms with E-state index in [1.807, 2.05) is 20.8 Å². The standard InChI is InChI=1S/C14H20ClN3O3/c1-14(2,3)21-13(19)18-6-4-10(5-7-18)20-11-8-16-12(15)17-9-11/h8-10H,4-7H2,1-3H3. The molecule has 116 valence electrons. The fourth-order valence-electron chi connectivity index (χ4n) is 2.04. The van der Waals surface area contributed by atoms with Crippen LogP contribution in [0.2, 0.25) is 5.28 Å². The van der Waals surface area contributed by atoms with Crippen LogP contribution in [0.25, 0.3) is 0 Å². The zero-order chi connectivity index (χ0) is 15.5. The number of carbonyl (C=O) groups excluding carboxylic acids is 1. The lowest BCUT2D eigenvalue weighted by Gasteiger charge is -2.33. The molecule has 1 aromatic heterocycles. The molecule has 0 N–H and O–H groups in total. The molecule has 0 spiro atoms. The maximum absolute atomic E-state index is 11.9. The Morgan fingerprint density at radius 3 is 2.38 bits per heavy atom. The number of piperidine rings is 1. The number of likely N-dealkylation sites (tertiary alicyclic amines) is 1. The van der Waals surface area contributed by atoms with E-state index in [1.54, 1.807) is 17.3 Å². The second-order valence-electron chi connectivity index (χ2n) is 5.97. The summed E-state index contributed by atoms with van der Waals surface area (Å²) in [6.45, 7) is 6.83. The van der Waals surface area contributed by atoms with Crippen molar-refractivity contribution in [1.82, 2.24) is 14.9 Å². The highest BCUT2D eigenvalue weighted by Crippen LogP contribution is 2.20. The topological polar surface area (TPSA) is 64.5 Å². The minimum Gasteiger partial charge on any atom is -0.487 e. The number of nitrogens with zero attached hydrogens (tertiary/aromatic N) is 3. The highest BCUT2D eigenvalue weighted by Gasteiger charge is 2.27. The van der Waals surface area contributed by atoms with Crippen LogP contribution in [0.1, 0.15) is 33.6 Å². The van der Waals surface area contributed by atoms with E-state index in [-0.39, 0.29) is 17.5 Å². The van der Waals surface area contributed by atoms with Gasteiger partial charge in [0.05, 0.1) is 12.4 Å². The summed E-state index contributed by atoms with van der Waals surface area (Å²) in [6.07, 6.45) is 4.39.